The standard InChI is InChI=1S/C26H16N2O8/c29-23(30)17-9-18(24(31)32)12-21(11-17)27-5-1-15(2-6-27)16-3-7-28(8-4-16)22-13-19(25(33)34)10-20(14-22)26(35)36/h1-14H,(H2-2,29,30,31,32,33,34,35,36)/p+2. The van der Waals surface area contributed by atoms with Crippen molar-refractivity contribution in [2.24, 2.45) is 0 Å². The van der Waals surface area contributed by atoms with Gasteiger partial charge in [-0.05, 0) is 23.3 Å². The topological polar surface area (TPSA) is 157 Å². The summed E-state index contributed by atoms with van der Waals surface area (Å²) in [5, 5.41) is 37.1. The van der Waals surface area contributed by atoms with E-state index in [1.807, 2.05) is 0 Å². The number of carboxylic acid groups (broad SMARTS) is 4. The molecule has 0 aliphatic rings. The van der Waals surface area contributed by atoms with Gasteiger partial charge in [0.15, 0.2) is 24.8 Å². The summed E-state index contributed by atoms with van der Waals surface area (Å²) in [5.74, 6) is -4.95. The van der Waals surface area contributed by atoms with Crippen LogP contribution in [-0.2, 0) is 0 Å². The van der Waals surface area contributed by atoms with Crippen LogP contribution in [0.3, 0.4) is 0 Å². The van der Waals surface area contributed by atoms with Crippen LogP contribution in [0.25, 0.3) is 22.5 Å². The third-order valence-corrected chi connectivity index (χ3v) is 5.41. The Kier molecular flexibility index (Phi) is 6.25. The Hall–Kier alpha value is -5.38. The average Bonchev–Trinajstić information content (AvgIpc) is 2.88. The van der Waals surface area contributed by atoms with E-state index in [9.17, 15) is 39.6 Å². The van der Waals surface area contributed by atoms with E-state index in [4.69, 9.17) is 0 Å². The first-order valence-corrected chi connectivity index (χ1v) is 10.4. The highest BCUT2D eigenvalue weighted by Gasteiger charge is 2.18. The summed E-state index contributed by atoms with van der Waals surface area (Å²) >= 11 is 0. The van der Waals surface area contributed by atoms with Crippen LogP contribution < -0.4 is 9.13 Å². The molecule has 0 amide bonds. The van der Waals surface area contributed by atoms with Crippen LogP contribution in [0.4, 0.5) is 0 Å². The zero-order valence-corrected chi connectivity index (χ0v) is 18.4. The van der Waals surface area contributed by atoms with Crippen molar-refractivity contribution in [3.63, 3.8) is 0 Å². The van der Waals surface area contributed by atoms with Crippen molar-refractivity contribution in [2.45, 2.75) is 0 Å². The van der Waals surface area contributed by atoms with E-state index in [2.05, 4.69) is 0 Å². The molecular weight excluding hydrogens is 468 g/mol. The first kappa shape index (κ1) is 23.8. The Bertz CT molecular complexity index is 1350. The SMILES string of the molecule is O=C(O)c1cc(C(=O)O)cc(-[n+]2ccc(-c3cc[n+](-c4cc(C(=O)O)cc(C(=O)O)c4)cc3)cc2)c1. The van der Waals surface area contributed by atoms with Crippen LogP contribution >= 0.6 is 0 Å². The number of nitrogens with zero attached hydrogens (tertiary/aromatic N) is 2. The number of carbonyl (C=O) groups is 4. The molecule has 36 heavy (non-hydrogen) atoms. The van der Waals surface area contributed by atoms with Gasteiger partial charge in [-0.2, -0.15) is 9.13 Å². The van der Waals surface area contributed by atoms with E-state index in [1.54, 1.807) is 58.2 Å². The van der Waals surface area contributed by atoms with Gasteiger partial charge in [-0.1, -0.05) is 0 Å². The first-order valence-electron chi connectivity index (χ1n) is 10.4. The molecule has 0 aliphatic carbocycles. The lowest BCUT2D eigenvalue weighted by molar-refractivity contribution is -0.596. The Morgan fingerprint density at radius 1 is 0.444 bits per heavy atom. The second-order valence-corrected chi connectivity index (χ2v) is 7.75. The third-order valence-electron chi connectivity index (χ3n) is 5.41. The van der Waals surface area contributed by atoms with Crippen LogP contribution in [0.5, 0.6) is 0 Å². The van der Waals surface area contributed by atoms with Gasteiger partial charge in [0.05, 0.1) is 22.3 Å². The molecule has 0 atom stereocenters. The molecule has 0 radical (unpaired) electrons. The quantitative estimate of drug-likeness (QED) is 0.291. The molecule has 2 aromatic carbocycles. The Morgan fingerprint density at radius 2 is 0.694 bits per heavy atom. The average molecular weight is 486 g/mol. The third kappa shape index (κ3) is 4.92. The zero-order valence-electron chi connectivity index (χ0n) is 18.4. The smallest absolute Gasteiger partial charge is 0.335 e. The summed E-state index contributed by atoms with van der Waals surface area (Å²) in [5.41, 5.74) is 1.77. The minimum atomic E-state index is -1.24. The van der Waals surface area contributed by atoms with Crippen molar-refractivity contribution >= 4 is 23.9 Å². The number of pyridine rings is 2. The molecule has 0 aliphatic heterocycles. The van der Waals surface area contributed by atoms with Gasteiger partial charge in [-0.3, -0.25) is 0 Å². The minimum Gasteiger partial charge on any atom is -0.478 e. The van der Waals surface area contributed by atoms with Crippen molar-refractivity contribution in [1.29, 1.82) is 0 Å². The molecule has 0 spiro atoms. The maximum atomic E-state index is 11.4. The lowest BCUT2D eigenvalue weighted by atomic mass is 10.1. The molecule has 2 aromatic heterocycles. The summed E-state index contributed by atoms with van der Waals surface area (Å²) in [6.45, 7) is 0. The van der Waals surface area contributed by atoms with Crippen LogP contribution in [0, 0.1) is 0 Å². The monoisotopic (exact) mass is 486 g/mol. The maximum Gasteiger partial charge on any atom is 0.335 e. The molecule has 10 nitrogen and oxygen atoms in total. The van der Waals surface area contributed by atoms with Gasteiger partial charge >= 0.3 is 23.9 Å². The second-order valence-electron chi connectivity index (χ2n) is 7.75. The van der Waals surface area contributed by atoms with Gasteiger partial charge in [0.25, 0.3) is 0 Å². The number of benzene rings is 2. The van der Waals surface area contributed by atoms with E-state index in [0.29, 0.717) is 11.4 Å². The molecule has 0 bridgehead atoms. The van der Waals surface area contributed by atoms with Crippen LogP contribution in [-0.4, -0.2) is 44.3 Å². The highest BCUT2D eigenvalue weighted by molar-refractivity contribution is 5.95. The largest absolute Gasteiger partial charge is 0.478 e. The highest BCUT2D eigenvalue weighted by atomic mass is 16.4. The van der Waals surface area contributed by atoms with Crippen molar-refractivity contribution in [3.05, 3.63) is 108 Å². The van der Waals surface area contributed by atoms with E-state index in [-0.39, 0.29) is 22.3 Å². The minimum absolute atomic E-state index is 0.146. The van der Waals surface area contributed by atoms with E-state index in [1.165, 1.54) is 24.3 Å². The van der Waals surface area contributed by atoms with E-state index < -0.39 is 23.9 Å². The molecule has 0 saturated heterocycles. The molecule has 4 rings (SSSR count). The van der Waals surface area contributed by atoms with Crippen LogP contribution in [0.15, 0.2) is 85.5 Å². The van der Waals surface area contributed by atoms with Gasteiger partial charge in [0.2, 0.25) is 11.4 Å². The Labute approximate surface area is 203 Å². The lowest BCUT2D eigenvalue weighted by Crippen LogP contribution is -2.30. The van der Waals surface area contributed by atoms with E-state index in [0.717, 1.165) is 23.3 Å². The fourth-order valence-electron chi connectivity index (χ4n) is 3.60. The van der Waals surface area contributed by atoms with Gasteiger partial charge in [-0.15, -0.1) is 0 Å². The molecule has 2 heterocycles. The molecule has 0 fully saturated rings. The predicted molar refractivity (Wildman–Crippen MR) is 123 cm³/mol. The number of hydrogen-bond donors (Lipinski definition) is 4. The van der Waals surface area contributed by atoms with Crippen molar-refractivity contribution in [1.82, 2.24) is 0 Å². The van der Waals surface area contributed by atoms with Gasteiger partial charge in [-0.25, -0.2) is 19.2 Å². The molecule has 10 heteroatoms. The van der Waals surface area contributed by atoms with Crippen LogP contribution in [0.2, 0.25) is 0 Å². The highest BCUT2D eigenvalue weighted by Crippen LogP contribution is 2.18. The molecule has 0 saturated carbocycles. The van der Waals surface area contributed by atoms with E-state index >= 15 is 0 Å². The van der Waals surface area contributed by atoms with Gasteiger partial charge in [0.1, 0.15) is 0 Å². The number of aromatic carboxylic acids is 4. The summed E-state index contributed by atoms with van der Waals surface area (Å²) < 4.78 is 3.19. The number of carboxylic acids is 4. The van der Waals surface area contributed by atoms with Crippen LogP contribution in [0.1, 0.15) is 41.4 Å². The molecule has 4 aromatic rings. The number of hydrogen-bond acceptors (Lipinski definition) is 4. The fraction of sp³-hybridized carbons (Fsp3) is 0. The number of rotatable bonds is 7. The number of aromatic nitrogens is 2. The molecule has 4 N–H and O–H groups in total. The lowest BCUT2D eigenvalue weighted by Gasteiger charge is -2.04. The molecule has 178 valence electrons. The Morgan fingerprint density at radius 3 is 0.917 bits per heavy atom. The summed E-state index contributed by atoms with van der Waals surface area (Å²) in [6.07, 6.45) is 6.66. The summed E-state index contributed by atoms with van der Waals surface area (Å²) in [7, 11) is 0. The van der Waals surface area contributed by atoms with Gasteiger partial charge < -0.3 is 20.4 Å². The van der Waals surface area contributed by atoms with Crippen molar-refractivity contribution in [2.75, 3.05) is 0 Å². The first-order chi connectivity index (χ1) is 17.1. The maximum absolute atomic E-state index is 11.4. The fourth-order valence-corrected chi connectivity index (χ4v) is 3.60. The normalized spacial score (nSPS) is 10.6. The molecule has 0 unspecified atom stereocenters. The summed E-state index contributed by atoms with van der Waals surface area (Å²) in [4.78, 5) is 45.5. The second kappa shape index (κ2) is 9.47. The zero-order chi connectivity index (χ0) is 26.0. The summed E-state index contributed by atoms with van der Waals surface area (Å²) in [6, 6.07) is 14.7. The van der Waals surface area contributed by atoms with Crippen molar-refractivity contribution < 1.29 is 48.7 Å². The Balaban J connectivity index is 1.64. The predicted octanol–water partition coefficient (Wildman–Crippen LogP) is 2.70. The molecular formula is C26H18N2O8+2. The van der Waals surface area contributed by atoms with Gasteiger partial charge in [0, 0.05) is 48.5 Å². The van der Waals surface area contributed by atoms with Crippen molar-refractivity contribution in [3.8, 4) is 22.5 Å².